The smallest absolute Gasteiger partial charge is 0.280 e. The van der Waals surface area contributed by atoms with Crippen LogP contribution in [0.5, 0.6) is 0 Å². The number of rotatable bonds is 7. The summed E-state index contributed by atoms with van der Waals surface area (Å²) in [4.78, 5) is 34.6. The summed E-state index contributed by atoms with van der Waals surface area (Å²) in [6.45, 7) is 3.23. The van der Waals surface area contributed by atoms with E-state index in [4.69, 9.17) is 17.3 Å². The Balaban J connectivity index is 1.47. The van der Waals surface area contributed by atoms with Crippen molar-refractivity contribution in [2.75, 3.05) is 11.1 Å². The van der Waals surface area contributed by atoms with E-state index in [1.165, 1.54) is 10.9 Å². The van der Waals surface area contributed by atoms with E-state index in [2.05, 4.69) is 20.4 Å². The highest BCUT2D eigenvalue weighted by Crippen LogP contribution is 2.33. The molecule has 2 aromatic carbocycles. The highest BCUT2D eigenvalue weighted by atomic mass is 35.5. The molecule has 0 spiro atoms. The fourth-order valence-electron chi connectivity index (χ4n) is 4.33. The molecule has 5 rings (SSSR count). The van der Waals surface area contributed by atoms with Crippen molar-refractivity contribution in [1.29, 1.82) is 0 Å². The molecule has 0 bridgehead atoms. The van der Waals surface area contributed by atoms with E-state index >= 15 is 0 Å². The van der Waals surface area contributed by atoms with Crippen LogP contribution in [-0.4, -0.2) is 36.6 Å². The molecule has 0 saturated heterocycles. The van der Waals surface area contributed by atoms with Gasteiger partial charge in [-0.1, -0.05) is 35.9 Å². The number of anilines is 2. The van der Waals surface area contributed by atoms with Gasteiger partial charge in [-0.3, -0.25) is 14.3 Å². The lowest BCUT2D eigenvalue weighted by Gasteiger charge is -2.14. The molecule has 3 N–H and O–H groups in total. The molecule has 0 saturated carbocycles. The summed E-state index contributed by atoms with van der Waals surface area (Å²) in [5.41, 5.74) is 8.14. The van der Waals surface area contributed by atoms with E-state index in [-0.39, 0.29) is 17.6 Å². The first-order valence-electron chi connectivity index (χ1n) is 12.3. The summed E-state index contributed by atoms with van der Waals surface area (Å²) in [5, 5.41) is 7.98. The lowest BCUT2D eigenvalue weighted by atomic mass is 10.1. The topological polar surface area (TPSA) is 121 Å². The van der Waals surface area contributed by atoms with E-state index < -0.39 is 24.3 Å². The zero-order chi connectivity index (χ0) is 28.6. The van der Waals surface area contributed by atoms with Crippen molar-refractivity contribution in [3.8, 4) is 22.3 Å². The molecule has 9 nitrogen and oxygen atoms in total. The van der Waals surface area contributed by atoms with Gasteiger partial charge in [0.15, 0.2) is 5.69 Å². The first-order chi connectivity index (χ1) is 19.1. The molecule has 0 aliphatic rings. The van der Waals surface area contributed by atoms with Gasteiger partial charge in [-0.2, -0.15) is 5.10 Å². The van der Waals surface area contributed by atoms with Crippen LogP contribution in [-0.2, 0) is 6.54 Å². The Labute approximate surface area is 232 Å². The van der Waals surface area contributed by atoms with Gasteiger partial charge < -0.3 is 15.6 Å². The Hall–Kier alpha value is -4.64. The molecule has 40 heavy (non-hydrogen) atoms. The fraction of sp³-hybridized carbons (Fsp3) is 0.179. The molecule has 0 radical (unpaired) electrons. The molecule has 12 heteroatoms. The van der Waals surface area contributed by atoms with Crippen LogP contribution in [0.25, 0.3) is 33.3 Å². The predicted octanol–water partition coefficient (Wildman–Crippen LogP) is 5.66. The third kappa shape index (κ3) is 5.28. The molecular weight excluding hydrogens is 540 g/mol. The van der Waals surface area contributed by atoms with Gasteiger partial charge in [0.05, 0.1) is 11.9 Å². The molecule has 1 amide bonds. The summed E-state index contributed by atoms with van der Waals surface area (Å²) < 4.78 is 29.2. The molecule has 0 unspecified atom stereocenters. The Kier molecular flexibility index (Phi) is 7.31. The van der Waals surface area contributed by atoms with Crippen molar-refractivity contribution in [3.05, 3.63) is 88.2 Å². The van der Waals surface area contributed by atoms with Gasteiger partial charge in [0.2, 0.25) is 5.43 Å². The highest BCUT2D eigenvalue weighted by Gasteiger charge is 2.20. The van der Waals surface area contributed by atoms with Gasteiger partial charge >= 0.3 is 0 Å². The number of nitrogens with zero attached hydrogens (tertiary/aromatic N) is 5. The number of hydrogen-bond acceptors (Lipinski definition) is 6. The number of fused-ring (bicyclic) bond motifs is 1. The van der Waals surface area contributed by atoms with Crippen molar-refractivity contribution < 1.29 is 13.6 Å². The molecule has 0 aliphatic heterocycles. The zero-order valence-corrected chi connectivity index (χ0v) is 22.2. The zero-order valence-electron chi connectivity index (χ0n) is 21.5. The Morgan fingerprint density at radius 2 is 1.65 bits per heavy atom. The lowest BCUT2D eigenvalue weighted by Crippen LogP contribution is -2.28. The minimum atomic E-state index is -2.58. The maximum Gasteiger partial charge on any atom is 0.280 e. The van der Waals surface area contributed by atoms with E-state index in [1.54, 1.807) is 65.6 Å². The standard InChI is InChI=1S/C28H24ClF2N7O2/c1-15(2)38-12-21(17-3-7-18(29)8-4-17)25(39)24(36-38)28(40)35-19-9-5-16(6-10-19)20-11-37(13-22(30)31)27-23(20)26(32)33-14-34-27/h3-12,14-15,22H,13H2,1-2H3,(H,35,40)(H2,32,33,34). The van der Waals surface area contributed by atoms with Gasteiger partial charge in [0, 0.05) is 40.3 Å². The summed E-state index contributed by atoms with van der Waals surface area (Å²) >= 11 is 6.00. The van der Waals surface area contributed by atoms with E-state index in [1.807, 2.05) is 13.8 Å². The maximum absolute atomic E-state index is 13.3. The monoisotopic (exact) mass is 563 g/mol. The number of alkyl halides is 2. The number of carbonyl (C=O) groups excluding carboxylic acids is 1. The van der Waals surface area contributed by atoms with Crippen LogP contribution in [0.2, 0.25) is 5.02 Å². The summed E-state index contributed by atoms with van der Waals surface area (Å²) in [5.74, 6) is -0.507. The summed E-state index contributed by atoms with van der Waals surface area (Å²) in [6, 6.07) is 13.3. The van der Waals surface area contributed by atoms with Crippen molar-refractivity contribution in [3.63, 3.8) is 0 Å². The van der Waals surface area contributed by atoms with Crippen molar-refractivity contribution in [2.45, 2.75) is 32.9 Å². The van der Waals surface area contributed by atoms with Gasteiger partial charge in [0.1, 0.15) is 17.8 Å². The number of aromatic nitrogens is 5. The third-order valence-electron chi connectivity index (χ3n) is 6.31. The molecule has 0 aliphatic carbocycles. The van der Waals surface area contributed by atoms with Crippen LogP contribution in [0.15, 0.2) is 72.0 Å². The van der Waals surface area contributed by atoms with Crippen LogP contribution in [0.4, 0.5) is 20.3 Å². The van der Waals surface area contributed by atoms with Crippen molar-refractivity contribution >= 4 is 40.0 Å². The predicted molar refractivity (Wildman–Crippen MR) is 151 cm³/mol. The second kappa shape index (κ2) is 10.9. The first kappa shape index (κ1) is 26.9. The minimum Gasteiger partial charge on any atom is -0.383 e. The Bertz CT molecular complexity index is 1770. The molecule has 204 valence electrons. The highest BCUT2D eigenvalue weighted by molar-refractivity contribution is 6.30. The second-order valence-electron chi connectivity index (χ2n) is 9.38. The number of benzene rings is 2. The largest absolute Gasteiger partial charge is 0.383 e. The van der Waals surface area contributed by atoms with Crippen molar-refractivity contribution in [1.82, 2.24) is 24.3 Å². The average Bonchev–Trinajstić information content (AvgIpc) is 3.28. The molecule has 0 atom stereocenters. The number of carbonyl (C=O) groups is 1. The van der Waals surface area contributed by atoms with E-state index in [0.29, 0.717) is 44.0 Å². The summed E-state index contributed by atoms with van der Waals surface area (Å²) in [7, 11) is 0. The van der Waals surface area contributed by atoms with Gasteiger partial charge in [-0.05, 0) is 49.2 Å². The van der Waals surface area contributed by atoms with Gasteiger partial charge in [-0.15, -0.1) is 0 Å². The quantitative estimate of drug-likeness (QED) is 0.264. The SMILES string of the molecule is CC(C)n1cc(-c2ccc(Cl)cc2)c(=O)c(C(=O)Nc2ccc(-c3cn(CC(F)F)c4ncnc(N)c34)cc2)n1. The third-order valence-corrected chi connectivity index (χ3v) is 6.56. The van der Waals surface area contributed by atoms with E-state index in [0.717, 1.165) is 0 Å². The molecule has 3 heterocycles. The Morgan fingerprint density at radius 1 is 1.00 bits per heavy atom. The fourth-order valence-corrected chi connectivity index (χ4v) is 4.46. The van der Waals surface area contributed by atoms with Crippen LogP contribution in [0.3, 0.4) is 0 Å². The molecule has 0 fully saturated rings. The van der Waals surface area contributed by atoms with Crippen LogP contribution in [0.1, 0.15) is 30.4 Å². The van der Waals surface area contributed by atoms with Crippen LogP contribution in [0, 0.1) is 0 Å². The second-order valence-corrected chi connectivity index (χ2v) is 9.81. The number of nitrogen functional groups attached to an aromatic ring is 1. The van der Waals surface area contributed by atoms with Crippen LogP contribution >= 0.6 is 11.6 Å². The normalized spacial score (nSPS) is 11.5. The minimum absolute atomic E-state index is 0.110. The molecular formula is C28H24ClF2N7O2. The number of nitrogens with two attached hydrogens (primary N) is 1. The van der Waals surface area contributed by atoms with E-state index in [9.17, 15) is 18.4 Å². The molecule has 3 aromatic heterocycles. The summed E-state index contributed by atoms with van der Waals surface area (Å²) in [6.07, 6.45) is 1.81. The molecule has 5 aromatic rings. The maximum atomic E-state index is 13.3. The number of hydrogen-bond donors (Lipinski definition) is 2. The number of halogens is 3. The van der Waals surface area contributed by atoms with Crippen LogP contribution < -0.4 is 16.5 Å². The number of nitrogens with one attached hydrogen (secondary N) is 1. The van der Waals surface area contributed by atoms with Gasteiger partial charge in [0.25, 0.3) is 12.3 Å². The van der Waals surface area contributed by atoms with Gasteiger partial charge in [-0.25, -0.2) is 18.7 Å². The average molecular weight is 564 g/mol. The first-order valence-corrected chi connectivity index (χ1v) is 12.7. The number of amides is 1. The van der Waals surface area contributed by atoms with Crippen molar-refractivity contribution in [2.24, 2.45) is 0 Å². The lowest BCUT2D eigenvalue weighted by molar-refractivity contribution is 0.101. The Morgan fingerprint density at radius 3 is 2.30 bits per heavy atom.